The van der Waals surface area contributed by atoms with E-state index in [0.29, 0.717) is 26.6 Å². The van der Waals surface area contributed by atoms with Crippen molar-refractivity contribution < 1.29 is 23.6 Å². The first-order valence-electron chi connectivity index (χ1n) is 8.78. The average Bonchev–Trinajstić information content (AvgIpc) is 3.00. The number of benzene rings is 2. The van der Waals surface area contributed by atoms with E-state index >= 15 is 0 Å². The highest BCUT2D eigenvalue weighted by molar-refractivity contribution is 6.39. The van der Waals surface area contributed by atoms with E-state index in [0.717, 1.165) is 0 Å². The second-order valence-corrected chi connectivity index (χ2v) is 8.34. The number of hydrogen-bond acceptors (Lipinski definition) is 6. The zero-order chi connectivity index (χ0) is 21.5. The number of rotatable bonds is 3. The average molecular weight is 436 g/mol. The van der Waals surface area contributed by atoms with Crippen molar-refractivity contribution in [2.24, 2.45) is 0 Å². The van der Waals surface area contributed by atoms with Gasteiger partial charge in [0.1, 0.15) is 11.4 Å². The van der Waals surface area contributed by atoms with Crippen molar-refractivity contribution in [3.05, 3.63) is 39.9 Å². The molecule has 152 valence electrons. The lowest BCUT2D eigenvalue weighted by molar-refractivity contribution is -0.133. The molecule has 0 aliphatic rings. The van der Waals surface area contributed by atoms with Gasteiger partial charge in [-0.3, -0.25) is 9.59 Å². The van der Waals surface area contributed by atoms with Gasteiger partial charge in [0.15, 0.2) is 5.75 Å². The van der Waals surface area contributed by atoms with Crippen molar-refractivity contribution >= 4 is 46.1 Å². The smallest absolute Gasteiger partial charge is 0.308 e. The summed E-state index contributed by atoms with van der Waals surface area (Å²) in [4.78, 5) is 23.5. The van der Waals surface area contributed by atoms with Crippen LogP contribution in [0.3, 0.4) is 0 Å². The predicted molar refractivity (Wildman–Crippen MR) is 111 cm³/mol. The van der Waals surface area contributed by atoms with Crippen LogP contribution in [-0.2, 0) is 15.0 Å². The molecule has 0 bridgehead atoms. The number of halogens is 2. The first kappa shape index (κ1) is 21.1. The number of aromatic nitrogens is 1. The molecule has 8 heteroatoms. The van der Waals surface area contributed by atoms with Crippen LogP contribution in [-0.4, -0.2) is 17.1 Å². The van der Waals surface area contributed by atoms with E-state index in [-0.39, 0.29) is 22.8 Å². The molecule has 0 fully saturated rings. The summed E-state index contributed by atoms with van der Waals surface area (Å²) in [6.07, 6.45) is 0. The van der Waals surface area contributed by atoms with Crippen LogP contribution in [0.25, 0.3) is 22.2 Å². The third-order valence-electron chi connectivity index (χ3n) is 4.17. The van der Waals surface area contributed by atoms with Gasteiger partial charge in [0.25, 0.3) is 0 Å². The van der Waals surface area contributed by atoms with Crippen LogP contribution in [0.4, 0.5) is 0 Å². The van der Waals surface area contributed by atoms with Crippen LogP contribution in [0.2, 0.25) is 10.0 Å². The molecule has 0 atom stereocenters. The van der Waals surface area contributed by atoms with Gasteiger partial charge in [-0.1, -0.05) is 55.2 Å². The molecule has 0 radical (unpaired) electrons. The van der Waals surface area contributed by atoms with Crippen molar-refractivity contribution in [3.63, 3.8) is 0 Å². The van der Waals surface area contributed by atoms with Crippen LogP contribution in [0.5, 0.6) is 11.5 Å². The Bertz CT molecular complexity index is 1110. The Morgan fingerprint density at radius 1 is 1.03 bits per heavy atom. The molecular formula is C21H19Cl2NO5. The van der Waals surface area contributed by atoms with E-state index < -0.39 is 17.4 Å². The Hall–Kier alpha value is -2.57. The molecule has 0 saturated heterocycles. The van der Waals surface area contributed by atoms with Gasteiger partial charge in [-0.05, 0) is 23.6 Å². The lowest BCUT2D eigenvalue weighted by Crippen LogP contribution is -2.16. The van der Waals surface area contributed by atoms with Crippen LogP contribution in [0.15, 0.2) is 28.8 Å². The van der Waals surface area contributed by atoms with Gasteiger partial charge in [0, 0.05) is 25.0 Å². The van der Waals surface area contributed by atoms with Crippen LogP contribution >= 0.6 is 23.2 Å². The largest absolute Gasteiger partial charge is 0.426 e. The fourth-order valence-electron chi connectivity index (χ4n) is 3.00. The van der Waals surface area contributed by atoms with E-state index in [2.05, 4.69) is 5.16 Å². The minimum absolute atomic E-state index is 0.162. The number of esters is 2. The molecule has 0 saturated carbocycles. The number of carbonyl (C=O) groups is 2. The Morgan fingerprint density at radius 2 is 1.62 bits per heavy atom. The van der Waals surface area contributed by atoms with Crippen LogP contribution in [0, 0.1) is 0 Å². The molecule has 2 aromatic carbocycles. The van der Waals surface area contributed by atoms with Crippen molar-refractivity contribution in [1.29, 1.82) is 0 Å². The Labute approximate surface area is 177 Å². The second-order valence-electron chi connectivity index (χ2n) is 7.52. The zero-order valence-electron chi connectivity index (χ0n) is 16.6. The van der Waals surface area contributed by atoms with Crippen molar-refractivity contribution in [1.82, 2.24) is 5.16 Å². The lowest BCUT2D eigenvalue weighted by atomic mass is 9.85. The number of carbonyl (C=O) groups excluding carboxylic acids is 2. The van der Waals surface area contributed by atoms with Crippen LogP contribution in [0.1, 0.15) is 40.2 Å². The second kappa shape index (κ2) is 7.69. The molecule has 0 aliphatic carbocycles. The summed E-state index contributed by atoms with van der Waals surface area (Å²) in [5.74, 6) is -0.632. The number of nitrogens with zero attached hydrogens (tertiary/aromatic N) is 1. The van der Waals surface area contributed by atoms with Gasteiger partial charge in [-0.25, -0.2) is 0 Å². The molecule has 1 aromatic heterocycles. The topological polar surface area (TPSA) is 78.6 Å². The van der Waals surface area contributed by atoms with Gasteiger partial charge < -0.3 is 14.0 Å². The summed E-state index contributed by atoms with van der Waals surface area (Å²) in [6, 6.07) is 6.66. The summed E-state index contributed by atoms with van der Waals surface area (Å²) < 4.78 is 16.5. The first-order valence-corrected chi connectivity index (χ1v) is 9.54. The Balaban J connectivity index is 2.46. The molecule has 1 heterocycles. The van der Waals surface area contributed by atoms with Crippen molar-refractivity contribution in [3.8, 4) is 22.8 Å². The summed E-state index contributed by atoms with van der Waals surface area (Å²) >= 11 is 12.7. The monoisotopic (exact) mass is 435 g/mol. The number of hydrogen-bond donors (Lipinski definition) is 0. The Morgan fingerprint density at radius 3 is 2.14 bits per heavy atom. The zero-order valence-corrected chi connectivity index (χ0v) is 18.1. The maximum absolute atomic E-state index is 11.8. The third-order valence-corrected chi connectivity index (χ3v) is 4.80. The third kappa shape index (κ3) is 4.09. The molecule has 0 N–H and O–H groups in total. The minimum Gasteiger partial charge on any atom is -0.426 e. The highest BCUT2D eigenvalue weighted by Crippen LogP contribution is 2.48. The molecular weight excluding hydrogens is 417 g/mol. The number of fused-ring (bicyclic) bond motifs is 1. The summed E-state index contributed by atoms with van der Waals surface area (Å²) in [6.45, 7) is 8.38. The normalized spacial score (nSPS) is 11.6. The SMILES string of the molecule is CC(=O)Oc1c(C(C)(C)C)cc(OC(C)=O)c2c(-c3c(Cl)cccc3Cl)noc12. The number of ether oxygens (including phenoxy) is 2. The van der Waals surface area contributed by atoms with Gasteiger partial charge in [0.05, 0.1) is 15.4 Å². The van der Waals surface area contributed by atoms with E-state index in [4.69, 9.17) is 37.2 Å². The van der Waals surface area contributed by atoms with Gasteiger partial charge in [0.2, 0.25) is 5.58 Å². The summed E-state index contributed by atoms with van der Waals surface area (Å²) in [7, 11) is 0. The maximum atomic E-state index is 11.8. The van der Waals surface area contributed by atoms with Crippen LogP contribution < -0.4 is 9.47 Å². The molecule has 0 unspecified atom stereocenters. The Kier molecular flexibility index (Phi) is 5.61. The molecule has 29 heavy (non-hydrogen) atoms. The summed E-state index contributed by atoms with van der Waals surface area (Å²) in [5.41, 5.74) is 1.02. The molecule has 6 nitrogen and oxygen atoms in total. The van der Waals surface area contributed by atoms with Gasteiger partial charge >= 0.3 is 11.9 Å². The minimum atomic E-state index is -0.524. The predicted octanol–water partition coefficient (Wildman–Crippen LogP) is 5.95. The van der Waals surface area contributed by atoms with Gasteiger partial charge in [-0.2, -0.15) is 0 Å². The highest BCUT2D eigenvalue weighted by Gasteiger charge is 2.30. The first-order chi connectivity index (χ1) is 13.5. The lowest BCUT2D eigenvalue weighted by Gasteiger charge is -2.23. The highest BCUT2D eigenvalue weighted by atomic mass is 35.5. The van der Waals surface area contributed by atoms with Crippen molar-refractivity contribution in [2.45, 2.75) is 40.0 Å². The quantitative estimate of drug-likeness (QED) is 0.373. The maximum Gasteiger partial charge on any atom is 0.308 e. The fraction of sp³-hybridized carbons (Fsp3) is 0.286. The molecule has 0 amide bonds. The van der Waals surface area contributed by atoms with E-state index in [1.165, 1.54) is 13.8 Å². The van der Waals surface area contributed by atoms with Crippen molar-refractivity contribution in [2.75, 3.05) is 0 Å². The van der Waals surface area contributed by atoms with E-state index in [9.17, 15) is 9.59 Å². The summed E-state index contributed by atoms with van der Waals surface area (Å²) in [5, 5.41) is 5.14. The molecule has 0 aliphatic heterocycles. The molecule has 3 rings (SSSR count). The van der Waals surface area contributed by atoms with E-state index in [1.54, 1.807) is 24.3 Å². The van der Waals surface area contributed by atoms with Gasteiger partial charge in [-0.15, -0.1) is 0 Å². The van der Waals surface area contributed by atoms with E-state index in [1.807, 2.05) is 20.8 Å². The standard InChI is InChI=1S/C21H19Cl2NO5/c1-10(25)27-15-9-12(21(3,4)5)19(28-11(2)26)20-17(15)18(24-29-20)16-13(22)7-6-8-14(16)23/h6-9H,1-5H3. The molecule has 3 aromatic rings. The molecule has 0 spiro atoms. The fourth-order valence-corrected chi connectivity index (χ4v) is 3.57.